The van der Waals surface area contributed by atoms with Crippen LogP contribution >= 0.6 is 0 Å². The Hall–Kier alpha value is -8.08. The van der Waals surface area contributed by atoms with Crippen LogP contribution < -0.4 is 26.0 Å². The highest BCUT2D eigenvalue weighted by Gasteiger charge is 2.36. The lowest BCUT2D eigenvalue weighted by atomic mass is 9.76. The van der Waals surface area contributed by atoms with E-state index >= 15 is 0 Å². The largest absolute Gasteiger partial charge is 0.514 e. The van der Waals surface area contributed by atoms with Crippen molar-refractivity contribution < 1.29 is 33.6 Å². The summed E-state index contributed by atoms with van der Waals surface area (Å²) in [4.78, 5) is 63.7. The number of nitrogens with one attached hydrogen (secondary N) is 4. The molecule has 0 bridgehead atoms. The third-order valence-corrected chi connectivity index (χ3v) is 11.4. The van der Waals surface area contributed by atoms with Crippen LogP contribution in [0.1, 0.15) is 71.0 Å². The van der Waals surface area contributed by atoms with Gasteiger partial charge in [0.25, 0.3) is 5.69 Å². The number of non-ortho nitro benzene ring substituents is 1. The summed E-state index contributed by atoms with van der Waals surface area (Å²) in [5.41, 5.74) is 5.82. The number of terminal acetylenes is 1. The van der Waals surface area contributed by atoms with Gasteiger partial charge in [0.1, 0.15) is 24.4 Å². The van der Waals surface area contributed by atoms with Crippen molar-refractivity contribution >= 4 is 29.6 Å². The standard InChI is InChI=1S/C55H55N5O8/c1-3-4-23-51(61)58-50(37-41-16-8-5-9-17-41)53(63)59-49(52(62)56-38-42-26-28-43(29-27-42)39-67-54(64)68-48-34-32-47(33-35-48)60(65)66)22-14-15-36-57-55(44-18-10-6-11-19-44,45-20-12-7-13-21-45)46-30-24-40(2)25-31-46/h1,5-13,16-21,24-35,49-50,57H,4,14-15,22-23,36-39H2,2H3,(H,56,62)(H,58,61)(H,59,63). The quantitative estimate of drug-likeness (QED) is 0.00932. The first kappa shape index (κ1) is 49.4. The predicted molar refractivity (Wildman–Crippen MR) is 260 cm³/mol. The van der Waals surface area contributed by atoms with E-state index in [-0.39, 0.29) is 49.8 Å². The Morgan fingerprint density at radius 1 is 0.676 bits per heavy atom. The van der Waals surface area contributed by atoms with Crippen molar-refractivity contribution in [3.8, 4) is 18.1 Å². The van der Waals surface area contributed by atoms with Gasteiger partial charge in [0.05, 0.1) is 10.5 Å². The summed E-state index contributed by atoms with van der Waals surface area (Å²) < 4.78 is 10.3. The topological polar surface area (TPSA) is 178 Å². The molecule has 68 heavy (non-hydrogen) atoms. The smallest absolute Gasteiger partial charge is 0.429 e. The van der Waals surface area contributed by atoms with Crippen LogP contribution in [0.4, 0.5) is 10.5 Å². The zero-order valence-corrected chi connectivity index (χ0v) is 37.9. The molecule has 0 radical (unpaired) electrons. The van der Waals surface area contributed by atoms with Gasteiger partial charge in [0.2, 0.25) is 17.7 Å². The fourth-order valence-corrected chi connectivity index (χ4v) is 7.76. The average molecular weight is 914 g/mol. The molecule has 6 aromatic carbocycles. The van der Waals surface area contributed by atoms with Gasteiger partial charge in [-0.3, -0.25) is 29.8 Å². The number of carbonyl (C=O) groups excluding carboxylic acids is 4. The molecule has 13 heteroatoms. The van der Waals surface area contributed by atoms with Gasteiger partial charge in [-0.25, -0.2) is 4.79 Å². The zero-order chi connectivity index (χ0) is 48.1. The molecule has 0 aliphatic carbocycles. The number of benzene rings is 6. The highest BCUT2D eigenvalue weighted by atomic mass is 16.7. The van der Waals surface area contributed by atoms with Crippen molar-refractivity contribution in [2.45, 2.75) is 76.2 Å². The lowest BCUT2D eigenvalue weighted by Gasteiger charge is -2.37. The first-order valence-corrected chi connectivity index (χ1v) is 22.5. The third-order valence-electron chi connectivity index (χ3n) is 11.4. The van der Waals surface area contributed by atoms with Crippen molar-refractivity contribution in [3.63, 3.8) is 0 Å². The average Bonchev–Trinajstić information content (AvgIpc) is 3.36. The molecule has 2 unspecified atom stereocenters. The van der Waals surface area contributed by atoms with E-state index in [1.54, 1.807) is 24.3 Å². The second-order valence-corrected chi connectivity index (χ2v) is 16.3. The summed E-state index contributed by atoms with van der Waals surface area (Å²) in [7, 11) is 0. The van der Waals surface area contributed by atoms with E-state index in [2.05, 4.69) is 82.6 Å². The third kappa shape index (κ3) is 14.2. The molecule has 0 heterocycles. The Kier molecular flexibility index (Phi) is 18.1. The van der Waals surface area contributed by atoms with E-state index in [0.29, 0.717) is 31.4 Å². The summed E-state index contributed by atoms with van der Waals surface area (Å²) in [6, 6.07) is 48.7. The minimum atomic E-state index is -0.977. The highest BCUT2D eigenvalue weighted by molar-refractivity contribution is 5.92. The van der Waals surface area contributed by atoms with E-state index in [1.807, 2.05) is 66.7 Å². The van der Waals surface area contributed by atoms with Crippen LogP contribution in [0.2, 0.25) is 0 Å². The second-order valence-electron chi connectivity index (χ2n) is 16.3. The fraction of sp³-hybridized carbons (Fsp3) is 0.236. The maximum Gasteiger partial charge on any atom is 0.514 e. The molecule has 0 aromatic heterocycles. The van der Waals surface area contributed by atoms with Crippen molar-refractivity contribution in [2.75, 3.05) is 6.54 Å². The van der Waals surface area contributed by atoms with Crippen LogP contribution in [0.25, 0.3) is 0 Å². The number of hydrogen-bond acceptors (Lipinski definition) is 9. The van der Waals surface area contributed by atoms with Crippen molar-refractivity contribution in [1.82, 2.24) is 21.3 Å². The molecule has 4 N–H and O–H groups in total. The number of amides is 3. The van der Waals surface area contributed by atoms with Crippen LogP contribution in [0, 0.1) is 29.4 Å². The molecule has 3 amide bonds. The van der Waals surface area contributed by atoms with Gasteiger partial charge in [-0.1, -0.05) is 145 Å². The number of nitro benzene ring substituents is 1. The number of nitro groups is 1. The summed E-state index contributed by atoms with van der Waals surface area (Å²) in [5, 5.41) is 23.6. The highest BCUT2D eigenvalue weighted by Crippen LogP contribution is 2.37. The van der Waals surface area contributed by atoms with Gasteiger partial charge in [-0.05, 0) is 78.2 Å². The van der Waals surface area contributed by atoms with Crippen LogP contribution in [0.5, 0.6) is 5.75 Å². The Labute approximate surface area is 396 Å². The van der Waals surface area contributed by atoms with Crippen LogP contribution in [0.3, 0.4) is 0 Å². The van der Waals surface area contributed by atoms with Gasteiger partial charge in [-0.2, -0.15) is 0 Å². The number of unbranched alkanes of at least 4 members (excludes halogenated alkanes) is 1. The fourth-order valence-electron chi connectivity index (χ4n) is 7.76. The second kappa shape index (κ2) is 25.0. The van der Waals surface area contributed by atoms with Crippen molar-refractivity contribution in [2.24, 2.45) is 0 Å². The van der Waals surface area contributed by atoms with E-state index in [0.717, 1.165) is 33.4 Å². The monoisotopic (exact) mass is 913 g/mol. The number of nitrogens with zero attached hydrogens (tertiary/aromatic N) is 1. The Morgan fingerprint density at radius 2 is 1.26 bits per heavy atom. The molecule has 0 fully saturated rings. The minimum absolute atomic E-state index is 0.0548. The SMILES string of the molecule is C#CCCC(=O)NC(Cc1ccccc1)C(=O)NC(CCCCNC(c1ccccc1)(c1ccccc1)c1ccc(C)cc1)C(=O)NCc1ccc(COC(=O)Oc2ccc([N+](=O)[O-])cc2)cc1. The van der Waals surface area contributed by atoms with E-state index in [1.165, 1.54) is 24.3 Å². The maximum atomic E-state index is 14.1. The molecule has 0 aliphatic rings. The summed E-state index contributed by atoms with van der Waals surface area (Å²) in [5.74, 6) is 1.30. The molecule has 0 saturated heterocycles. The summed E-state index contributed by atoms with van der Waals surface area (Å²) >= 11 is 0. The molecule has 348 valence electrons. The maximum absolute atomic E-state index is 14.1. The Morgan fingerprint density at radius 3 is 1.87 bits per heavy atom. The number of ether oxygens (including phenoxy) is 2. The number of hydrogen-bond donors (Lipinski definition) is 4. The lowest BCUT2D eigenvalue weighted by molar-refractivity contribution is -0.384. The minimum Gasteiger partial charge on any atom is -0.429 e. The normalized spacial score (nSPS) is 11.8. The van der Waals surface area contributed by atoms with Crippen molar-refractivity contribution in [3.05, 3.63) is 213 Å². The van der Waals surface area contributed by atoms with Gasteiger partial charge in [0.15, 0.2) is 0 Å². The van der Waals surface area contributed by atoms with Gasteiger partial charge in [-0.15, -0.1) is 12.3 Å². The molecule has 2 atom stereocenters. The Bertz CT molecular complexity index is 2580. The molecule has 6 aromatic rings. The number of aryl methyl sites for hydroxylation is 1. The van der Waals surface area contributed by atoms with E-state index in [9.17, 15) is 29.3 Å². The number of carbonyl (C=O) groups is 4. The Balaban J connectivity index is 1.14. The molecular formula is C55H55N5O8. The van der Waals surface area contributed by atoms with Crippen molar-refractivity contribution in [1.29, 1.82) is 0 Å². The van der Waals surface area contributed by atoms with Gasteiger partial charge >= 0.3 is 6.16 Å². The molecule has 13 nitrogen and oxygen atoms in total. The summed E-state index contributed by atoms with van der Waals surface area (Å²) in [6.45, 7) is 2.68. The molecular weight excluding hydrogens is 859 g/mol. The predicted octanol–water partition coefficient (Wildman–Crippen LogP) is 8.61. The van der Waals surface area contributed by atoms with Crippen LogP contribution in [0.15, 0.2) is 164 Å². The van der Waals surface area contributed by atoms with E-state index in [4.69, 9.17) is 15.9 Å². The first-order valence-electron chi connectivity index (χ1n) is 22.5. The van der Waals surface area contributed by atoms with Gasteiger partial charge < -0.3 is 25.4 Å². The van der Waals surface area contributed by atoms with Crippen LogP contribution in [-0.4, -0.2) is 47.4 Å². The molecule has 0 aliphatic heterocycles. The molecule has 6 rings (SSSR count). The molecule has 0 saturated carbocycles. The van der Waals surface area contributed by atoms with Gasteiger partial charge in [0, 0.05) is 37.9 Å². The zero-order valence-electron chi connectivity index (χ0n) is 37.9. The first-order chi connectivity index (χ1) is 33.0. The lowest BCUT2D eigenvalue weighted by Crippen LogP contribution is -2.54. The number of rotatable bonds is 23. The molecule has 0 spiro atoms. The van der Waals surface area contributed by atoms with Crippen LogP contribution in [-0.2, 0) is 44.2 Å². The summed E-state index contributed by atoms with van der Waals surface area (Å²) in [6.07, 6.45) is 6.45. The van der Waals surface area contributed by atoms with E-state index < -0.39 is 40.5 Å².